The lowest BCUT2D eigenvalue weighted by Crippen LogP contribution is -2.42. The molecule has 0 unspecified atom stereocenters. The van der Waals surface area contributed by atoms with Gasteiger partial charge in [0, 0.05) is 18.0 Å². The van der Waals surface area contributed by atoms with Crippen molar-refractivity contribution < 1.29 is 24.2 Å². The molecule has 0 spiro atoms. The van der Waals surface area contributed by atoms with Gasteiger partial charge in [0.05, 0.1) is 11.3 Å². The van der Waals surface area contributed by atoms with E-state index in [1.807, 2.05) is 0 Å². The van der Waals surface area contributed by atoms with Crippen molar-refractivity contribution in [2.45, 2.75) is 52.0 Å². The van der Waals surface area contributed by atoms with Gasteiger partial charge in [0.15, 0.2) is 11.6 Å². The highest BCUT2D eigenvalue weighted by molar-refractivity contribution is 6.03. The number of carboxylic acid groups (broad SMARTS) is 1. The lowest BCUT2D eigenvalue weighted by Gasteiger charge is -2.33. The minimum absolute atomic E-state index is 0.00151. The van der Waals surface area contributed by atoms with Crippen molar-refractivity contribution in [2.75, 3.05) is 4.90 Å². The molecule has 0 bridgehead atoms. The van der Waals surface area contributed by atoms with Gasteiger partial charge in [-0.25, -0.2) is 9.18 Å². The van der Waals surface area contributed by atoms with Crippen LogP contribution < -0.4 is 4.90 Å². The van der Waals surface area contributed by atoms with Crippen LogP contribution >= 0.6 is 0 Å². The molecule has 23 heavy (non-hydrogen) atoms. The number of phenols is 1. The molecule has 6 heteroatoms. The average molecular weight is 323 g/mol. The molecule has 0 atom stereocenters. The number of carboxylic acids is 1. The number of carbonyl (C=O) groups is 2. The third-order valence-electron chi connectivity index (χ3n) is 4.26. The summed E-state index contributed by atoms with van der Waals surface area (Å²) in [7, 11) is 0. The van der Waals surface area contributed by atoms with Gasteiger partial charge in [-0.15, -0.1) is 0 Å². The van der Waals surface area contributed by atoms with Crippen LogP contribution in [-0.2, 0) is 4.79 Å². The summed E-state index contributed by atoms with van der Waals surface area (Å²) in [6.07, 6.45) is 4.58. The summed E-state index contributed by atoms with van der Waals surface area (Å²) in [6.45, 7) is 3.52. The summed E-state index contributed by atoms with van der Waals surface area (Å²) in [5.74, 6) is -3.32. The first kappa shape index (κ1) is 17.2. The molecule has 0 aliphatic heterocycles. The average Bonchev–Trinajstić information content (AvgIpc) is 2.50. The Hall–Kier alpha value is -2.11. The van der Waals surface area contributed by atoms with Crippen LogP contribution in [0, 0.1) is 11.7 Å². The molecule has 0 heterocycles. The van der Waals surface area contributed by atoms with E-state index in [1.54, 1.807) is 13.8 Å². The molecule has 2 N–H and O–H groups in total. The molecule has 1 amide bonds. The van der Waals surface area contributed by atoms with Gasteiger partial charge in [-0.1, -0.05) is 19.3 Å². The first-order valence-corrected chi connectivity index (χ1v) is 7.91. The maximum atomic E-state index is 13.8. The Morgan fingerprint density at radius 3 is 2.35 bits per heavy atom. The van der Waals surface area contributed by atoms with E-state index in [-0.39, 0.29) is 29.1 Å². The van der Waals surface area contributed by atoms with E-state index in [1.165, 1.54) is 4.90 Å². The van der Waals surface area contributed by atoms with Crippen LogP contribution in [0.3, 0.4) is 0 Å². The van der Waals surface area contributed by atoms with E-state index < -0.39 is 17.5 Å². The largest absolute Gasteiger partial charge is 0.505 e. The van der Waals surface area contributed by atoms with E-state index in [9.17, 15) is 24.2 Å². The van der Waals surface area contributed by atoms with Crippen LogP contribution in [0.4, 0.5) is 10.1 Å². The summed E-state index contributed by atoms with van der Waals surface area (Å²) in [4.78, 5) is 25.6. The minimum atomic E-state index is -1.31. The Kier molecular flexibility index (Phi) is 5.23. The number of nitrogens with zero attached hydrogens (tertiary/aromatic N) is 1. The molecule has 1 aliphatic rings. The fourth-order valence-corrected chi connectivity index (χ4v) is 3.12. The second-order valence-electron chi connectivity index (χ2n) is 6.26. The molecular formula is C17H22FNO4. The van der Waals surface area contributed by atoms with E-state index in [0.29, 0.717) is 0 Å². The predicted octanol–water partition coefficient (Wildman–Crippen LogP) is 3.55. The Morgan fingerprint density at radius 1 is 1.22 bits per heavy atom. The van der Waals surface area contributed by atoms with Gasteiger partial charge in [-0.05, 0) is 32.8 Å². The Bertz CT molecular complexity index is 609. The highest BCUT2D eigenvalue weighted by Gasteiger charge is 2.31. The van der Waals surface area contributed by atoms with Crippen molar-refractivity contribution in [3.05, 3.63) is 23.5 Å². The lowest BCUT2D eigenvalue weighted by atomic mass is 9.87. The fourth-order valence-electron chi connectivity index (χ4n) is 3.12. The van der Waals surface area contributed by atoms with Gasteiger partial charge in [-0.2, -0.15) is 0 Å². The van der Waals surface area contributed by atoms with Gasteiger partial charge in [0.1, 0.15) is 0 Å². The number of carbonyl (C=O) groups excluding carboxylic acids is 1. The molecule has 126 valence electrons. The maximum absolute atomic E-state index is 13.8. The zero-order valence-electron chi connectivity index (χ0n) is 13.4. The first-order valence-electron chi connectivity index (χ1n) is 7.91. The van der Waals surface area contributed by atoms with Crippen molar-refractivity contribution in [1.29, 1.82) is 0 Å². The van der Waals surface area contributed by atoms with E-state index >= 15 is 0 Å². The number of aromatic hydroxyl groups is 1. The number of hydrogen-bond acceptors (Lipinski definition) is 3. The molecule has 0 radical (unpaired) electrons. The fraction of sp³-hybridized carbons (Fsp3) is 0.529. The number of phenolic OH excluding ortho intramolecular Hbond substituents is 1. The summed E-state index contributed by atoms with van der Waals surface area (Å²) >= 11 is 0. The van der Waals surface area contributed by atoms with Crippen molar-refractivity contribution in [3.63, 3.8) is 0 Å². The summed E-state index contributed by atoms with van der Waals surface area (Å²) < 4.78 is 13.8. The molecule has 0 saturated heterocycles. The molecule has 1 aromatic carbocycles. The molecule has 1 saturated carbocycles. The number of hydrogen-bond donors (Lipinski definition) is 2. The lowest BCUT2D eigenvalue weighted by molar-refractivity contribution is -0.123. The normalized spacial score (nSPS) is 15.7. The summed E-state index contributed by atoms with van der Waals surface area (Å²) in [5.41, 5.74) is -0.278. The second kappa shape index (κ2) is 6.98. The number of anilines is 1. The van der Waals surface area contributed by atoms with Gasteiger partial charge in [0.2, 0.25) is 5.91 Å². The number of amides is 1. The highest BCUT2D eigenvalue weighted by atomic mass is 19.1. The third-order valence-corrected chi connectivity index (χ3v) is 4.26. The van der Waals surface area contributed by atoms with Crippen molar-refractivity contribution in [2.24, 2.45) is 5.92 Å². The Labute approximate surface area is 134 Å². The van der Waals surface area contributed by atoms with Crippen LogP contribution in [0.1, 0.15) is 56.3 Å². The number of benzene rings is 1. The molecule has 1 aromatic rings. The van der Waals surface area contributed by atoms with Crippen LogP contribution in [0.5, 0.6) is 5.75 Å². The standard InChI is InChI=1S/C17H22FNO4/c1-10(2)19(16(21)11-6-4-3-5-7-11)14-9-13(18)15(20)8-12(14)17(22)23/h8-11,20H,3-7H2,1-2H3,(H,22,23). The Balaban J connectivity index is 2.46. The molecule has 5 nitrogen and oxygen atoms in total. The van der Waals surface area contributed by atoms with Gasteiger partial charge in [-0.3, -0.25) is 4.79 Å². The minimum Gasteiger partial charge on any atom is -0.505 e. The van der Waals surface area contributed by atoms with Crippen molar-refractivity contribution in [3.8, 4) is 5.75 Å². The topological polar surface area (TPSA) is 77.8 Å². The van der Waals surface area contributed by atoms with E-state index in [0.717, 1.165) is 44.2 Å². The van der Waals surface area contributed by atoms with Crippen molar-refractivity contribution >= 4 is 17.6 Å². The van der Waals surface area contributed by atoms with Gasteiger partial charge >= 0.3 is 5.97 Å². The highest BCUT2D eigenvalue weighted by Crippen LogP contribution is 2.33. The molecule has 1 fully saturated rings. The molecular weight excluding hydrogens is 301 g/mol. The van der Waals surface area contributed by atoms with Gasteiger partial charge < -0.3 is 15.1 Å². The number of halogens is 1. The zero-order valence-corrected chi connectivity index (χ0v) is 13.4. The quantitative estimate of drug-likeness (QED) is 0.888. The third kappa shape index (κ3) is 3.63. The smallest absolute Gasteiger partial charge is 0.337 e. The molecule has 1 aliphatic carbocycles. The second-order valence-corrected chi connectivity index (χ2v) is 6.26. The monoisotopic (exact) mass is 323 g/mol. The van der Waals surface area contributed by atoms with Gasteiger partial charge in [0.25, 0.3) is 0 Å². The summed E-state index contributed by atoms with van der Waals surface area (Å²) in [6, 6.07) is 1.47. The SMILES string of the molecule is CC(C)N(C(=O)C1CCCCC1)c1cc(F)c(O)cc1C(=O)O. The van der Waals surface area contributed by atoms with Crippen molar-refractivity contribution in [1.82, 2.24) is 0 Å². The van der Waals surface area contributed by atoms with Crippen LogP contribution in [0.2, 0.25) is 0 Å². The van der Waals surface area contributed by atoms with Crippen LogP contribution in [-0.4, -0.2) is 28.1 Å². The predicted molar refractivity (Wildman–Crippen MR) is 84.2 cm³/mol. The van der Waals surface area contributed by atoms with Crippen LogP contribution in [0.25, 0.3) is 0 Å². The molecule has 2 rings (SSSR count). The van der Waals surface area contributed by atoms with E-state index in [4.69, 9.17) is 0 Å². The molecule has 0 aromatic heterocycles. The summed E-state index contributed by atoms with van der Waals surface area (Å²) in [5, 5.41) is 18.8. The maximum Gasteiger partial charge on any atom is 0.337 e. The van der Waals surface area contributed by atoms with Crippen LogP contribution in [0.15, 0.2) is 12.1 Å². The first-order chi connectivity index (χ1) is 10.8. The zero-order chi connectivity index (χ0) is 17.1. The van der Waals surface area contributed by atoms with E-state index in [2.05, 4.69) is 0 Å². The number of rotatable bonds is 4. The number of aromatic carboxylic acids is 1. The Morgan fingerprint density at radius 2 is 1.83 bits per heavy atom.